The number of amides is 4. The topological polar surface area (TPSA) is 251 Å². The van der Waals surface area contributed by atoms with E-state index in [1.54, 1.807) is 12.1 Å². The van der Waals surface area contributed by atoms with E-state index in [4.69, 9.17) is 16.6 Å². The first-order chi connectivity index (χ1) is 16.4. The largest absolute Gasteiger partial charge is 0.508 e. The second-order valence-electron chi connectivity index (χ2n) is 7.65. The number of rotatable bonds is 15. The molecule has 0 fully saturated rings. The summed E-state index contributed by atoms with van der Waals surface area (Å²) in [7, 11) is 0. The molecule has 1 aromatic carbocycles. The predicted octanol–water partition coefficient (Wildman–Crippen LogP) is -2.44. The van der Waals surface area contributed by atoms with Crippen LogP contribution in [0.15, 0.2) is 24.3 Å². The molecule has 0 aliphatic heterocycles. The number of aromatic hydroxyl groups is 1. The number of phenols is 1. The van der Waals surface area contributed by atoms with E-state index in [2.05, 4.69) is 16.0 Å². The third-order valence-corrected chi connectivity index (χ3v) is 4.74. The molecular formula is C21H29N5O9. The van der Waals surface area contributed by atoms with E-state index in [-0.39, 0.29) is 31.4 Å². The van der Waals surface area contributed by atoms with Gasteiger partial charge >= 0.3 is 11.9 Å². The van der Waals surface area contributed by atoms with Crippen LogP contribution in [0.2, 0.25) is 0 Å². The summed E-state index contributed by atoms with van der Waals surface area (Å²) in [6.45, 7) is -0.580. The molecule has 1 rings (SSSR count). The van der Waals surface area contributed by atoms with Crippen LogP contribution in [0.4, 0.5) is 0 Å². The van der Waals surface area contributed by atoms with E-state index in [0.29, 0.717) is 5.56 Å². The lowest BCUT2D eigenvalue weighted by Crippen LogP contribution is -2.54. The van der Waals surface area contributed by atoms with Crippen LogP contribution in [0.5, 0.6) is 5.75 Å². The zero-order valence-corrected chi connectivity index (χ0v) is 18.7. The Morgan fingerprint density at radius 1 is 0.857 bits per heavy atom. The monoisotopic (exact) mass is 495 g/mol. The quantitative estimate of drug-likeness (QED) is 0.128. The van der Waals surface area contributed by atoms with Crippen LogP contribution in [0.3, 0.4) is 0 Å². The number of primary amides is 1. The number of nitrogens with one attached hydrogen (secondary N) is 3. The summed E-state index contributed by atoms with van der Waals surface area (Å²) in [6, 6.07) is 2.09. The summed E-state index contributed by atoms with van der Waals surface area (Å²) in [5.41, 5.74) is 11.5. The maximum atomic E-state index is 12.5. The highest BCUT2D eigenvalue weighted by molar-refractivity contribution is 5.93. The van der Waals surface area contributed by atoms with Gasteiger partial charge in [-0.1, -0.05) is 12.1 Å². The molecule has 1 aromatic rings. The van der Waals surface area contributed by atoms with Gasteiger partial charge in [0.15, 0.2) is 0 Å². The molecule has 4 amide bonds. The summed E-state index contributed by atoms with van der Waals surface area (Å²) in [5, 5.41) is 34.1. The number of carboxylic acids is 2. The number of carbonyl (C=O) groups excluding carboxylic acids is 4. The molecule has 192 valence electrons. The number of nitrogens with two attached hydrogens (primary N) is 2. The third-order valence-electron chi connectivity index (χ3n) is 4.74. The van der Waals surface area contributed by atoms with Gasteiger partial charge in [-0.25, -0.2) is 4.79 Å². The van der Waals surface area contributed by atoms with Crippen molar-refractivity contribution in [3.05, 3.63) is 29.8 Å². The number of phenolic OH excluding ortho intramolecular Hbond substituents is 1. The summed E-state index contributed by atoms with van der Waals surface area (Å²) in [4.78, 5) is 70.1. The number of hydrogen-bond donors (Lipinski definition) is 8. The van der Waals surface area contributed by atoms with Gasteiger partial charge in [-0.3, -0.25) is 24.0 Å². The molecule has 0 radical (unpaired) electrons. The van der Waals surface area contributed by atoms with E-state index in [9.17, 15) is 39.0 Å². The first-order valence-electron chi connectivity index (χ1n) is 10.5. The molecule has 35 heavy (non-hydrogen) atoms. The van der Waals surface area contributed by atoms with Crippen LogP contribution in [-0.4, -0.2) is 75.6 Å². The second-order valence-corrected chi connectivity index (χ2v) is 7.65. The molecule has 0 saturated heterocycles. The summed E-state index contributed by atoms with van der Waals surface area (Å²) >= 11 is 0. The van der Waals surface area contributed by atoms with E-state index in [0.717, 1.165) is 0 Å². The van der Waals surface area contributed by atoms with Gasteiger partial charge in [-0.2, -0.15) is 0 Å². The Balaban J connectivity index is 2.69. The highest BCUT2D eigenvalue weighted by atomic mass is 16.4. The highest BCUT2D eigenvalue weighted by Crippen LogP contribution is 2.11. The number of carbonyl (C=O) groups is 6. The molecule has 3 unspecified atom stereocenters. The van der Waals surface area contributed by atoms with Crippen molar-refractivity contribution in [2.75, 3.05) is 6.54 Å². The summed E-state index contributed by atoms with van der Waals surface area (Å²) < 4.78 is 0. The van der Waals surface area contributed by atoms with Gasteiger partial charge in [-0.05, 0) is 37.0 Å². The average Bonchev–Trinajstić information content (AvgIpc) is 2.78. The van der Waals surface area contributed by atoms with Crippen LogP contribution >= 0.6 is 0 Å². The number of carboxylic acid groups (broad SMARTS) is 2. The standard InChI is InChI=1S/C21H29N5O9/c22-13(9-11-1-3-12(27)4-2-11)19(32)24-10-17(29)25-14(6-8-18(30)31)20(33)26-15(21(34)35)5-7-16(23)28/h1-4,13-15,27H,5-10,22H2,(H2,23,28)(H,24,32)(H,25,29)(H,26,33)(H,30,31)(H,34,35). The first kappa shape index (κ1) is 28.8. The minimum absolute atomic E-state index is 0.0486. The predicted molar refractivity (Wildman–Crippen MR) is 120 cm³/mol. The summed E-state index contributed by atoms with van der Waals surface area (Å²) in [5.74, 6) is -5.92. The number of aliphatic carboxylic acids is 2. The molecule has 0 aliphatic rings. The number of benzene rings is 1. The normalized spacial score (nSPS) is 13.1. The van der Waals surface area contributed by atoms with Gasteiger partial charge in [0.1, 0.15) is 17.8 Å². The fraction of sp³-hybridized carbons (Fsp3) is 0.429. The van der Waals surface area contributed by atoms with Crippen molar-refractivity contribution in [2.24, 2.45) is 11.5 Å². The van der Waals surface area contributed by atoms with Crippen LogP contribution in [0.25, 0.3) is 0 Å². The zero-order chi connectivity index (χ0) is 26.5. The van der Waals surface area contributed by atoms with Crippen molar-refractivity contribution in [1.82, 2.24) is 16.0 Å². The fourth-order valence-electron chi connectivity index (χ4n) is 2.88. The Labute approximate surface area is 200 Å². The minimum atomic E-state index is -1.49. The van der Waals surface area contributed by atoms with Gasteiger partial charge < -0.3 is 42.7 Å². The molecule has 0 spiro atoms. The third kappa shape index (κ3) is 11.5. The maximum Gasteiger partial charge on any atom is 0.326 e. The van der Waals surface area contributed by atoms with Gasteiger partial charge in [-0.15, -0.1) is 0 Å². The molecule has 14 heteroatoms. The van der Waals surface area contributed by atoms with Gasteiger partial charge in [0.25, 0.3) is 0 Å². The van der Waals surface area contributed by atoms with E-state index < -0.39 is 66.7 Å². The second kappa shape index (κ2) is 14.1. The summed E-state index contributed by atoms with van der Waals surface area (Å²) in [6.07, 6.45) is -1.37. The highest BCUT2D eigenvalue weighted by Gasteiger charge is 2.27. The van der Waals surface area contributed by atoms with E-state index in [1.165, 1.54) is 12.1 Å². The van der Waals surface area contributed by atoms with Crippen LogP contribution in [-0.2, 0) is 35.2 Å². The Hall–Kier alpha value is -4.20. The van der Waals surface area contributed by atoms with Gasteiger partial charge in [0, 0.05) is 12.8 Å². The molecule has 0 bridgehead atoms. The van der Waals surface area contributed by atoms with Crippen LogP contribution in [0.1, 0.15) is 31.2 Å². The molecular weight excluding hydrogens is 466 g/mol. The molecule has 10 N–H and O–H groups in total. The van der Waals surface area contributed by atoms with E-state index >= 15 is 0 Å². The SMILES string of the molecule is NC(=O)CCC(NC(=O)C(CCC(=O)O)NC(=O)CNC(=O)C(N)Cc1ccc(O)cc1)C(=O)O. The van der Waals surface area contributed by atoms with Crippen molar-refractivity contribution >= 4 is 35.6 Å². The maximum absolute atomic E-state index is 12.5. The van der Waals surface area contributed by atoms with Crippen molar-refractivity contribution in [2.45, 2.75) is 50.2 Å². The molecule has 3 atom stereocenters. The minimum Gasteiger partial charge on any atom is -0.508 e. The Morgan fingerprint density at radius 2 is 1.46 bits per heavy atom. The molecule has 0 heterocycles. The molecule has 0 saturated carbocycles. The van der Waals surface area contributed by atoms with Crippen molar-refractivity contribution in [1.29, 1.82) is 0 Å². The molecule has 0 aliphatic carbocycles. The number of hydrogen-bond acceptors (Lipinski definition) is 8. The lowest BCUT2D eigenvalue weighted by atomic mass is 10.1. The molecule has 0 aromatic heterocycles. The van der Waals surface area contributed by atoms with E-state index in [1.807, 2.05) is 0 Å². The smallest absolute Gasteiger partial charge is 0.326 e. The average molecular weight is 495 g/mol. The van der Waals surface area contributed by atoms with Gasteiger partial charge in [0.05, 0.1) is 12.6 Å². The zero-order valence-electron chi connectivity index (χ0n) is 18.7. The first-order valence-corrected chi connectivity index (χ1v) is 10.5. The van der Waals surface area contributed by atoms with Gasteiger partial charge in [0.2, 0.25) is 23.6 Å². The fourth-order valence-corrected chi connectivity index (χ4v) is 2.88. The van der Waals surface area contributed by atoms with Crippen molar-refractivity contribution < 1.29 is 44.1 Å². The Morgan fingerprint density at radius 3 is 2.00 bits per heavy atom. The lowest BCUT2D eigenvalue weighted by Gasteiger charge is -2.21. The Kier molecular flexibility index (Phi) is 11.7. The Bertz CT molecular complexity index is 936. The van der Waals surface area contributed by atoms with Crippen LogP contribution < -0.4 is 27.4 Å². The lowest BCUT2D eigenvalue weighted by molar-refractivity contribution is -0.143. The van der Waals surface area contributed by atoms with Crippen molar-refractivity contribution in [3.63, 3.8) is 0 Å². The van der Waals surface area contributed by atoms with Crippen molar-refractivity contribution in [3.8, 4) is 5.75 Å². The van der Waals surface area contributed by atoms with Crippen LogP contribution in [0, 0.1) is 0 Å². The molecule has 14 nitrogen and oxygen atoms in total.